The first-order chi connectivity index (χ1) is 17.7. The number of amides is 1. The number of hydrogen-bond acceptors (Lipinski definition) is 10. The molecule has 1 saturated heterocycles. The smallest absolute Gasteiger partial charge is 0.306 e. The Bertz CT molecular complexity index is 740. The molecule has 1 heterocycles. The maximum Gasteiger partial charge on any atom is 0.306 e. The van der Waals surface area contributed by atoms with E-state index in [0.29, 0.717) is 19.3 Å². The van der Waals surface area contributed by atoms with Gasteiger partial charge in [-0.05, 0) is 38.5 Å². The Kier molecular flexibility index (Phi) is 13.9. The maximum atomic E-state index is 12.2. The third kappa shape index (κ3) is 11.4. The summed E-state index contributed by atoms with van der Waals surface area (Å²) in [5, 5.41) is 2.69. The molecule has 2 rings (SSSR count). The van der Waals surface area contributed by atoms with Gasteiger partial charge in [-0.25, -0.2) is 0 Å². The molecule has 5 unspecified atom stereocenters. The molecule has 11 nitrogen and oxygen atoms in total. The van der Waals surface area contributed by atoms with Crippen molar-refractivity contribution in [1.82, 2.24) is 5.32 Å². The lowest BCUT2D eigenvalue weighted by Gasteiger charge is -2.45. The Morgan fingerprint density at radius 2 is 1.46 bits per heavy atom. The molecule has 37 heavy (non-hydrogen) atoms. The van der Waals surface area contributed by atoms with Crippen molar-refractivity contribution in [3.05, 3.63) is 0 Å². The van der Waals surface area contributed by atoms with Gasteiger partial charge in [0, 0.05) is 40.3 Å². The molecule has 2 aliphatic rings. The van der Waals surface area contributed by atoms with Gasteiger partial charge in [0.2, 0.25) is 5.91 Å². The second-order valence-electron chi connectivity index (χ2n) is 9.79. The molecule has 0 aromatic heterocycles. The van der Waals surface area contributed by atoms with Crippen molar-refractivity contribution in [2.24, 2.45) is 5.73 Å². The number of carbonyl (C=O) groups excluding carboxylic acids is 4. The lowest BCUT2D eigenvalue weighted by Crippen LogP contribution is -2.67. The Hall–Kier alpha value is -2.24. The molecular formula is C26H44N2O9. The van der Waals surface area contributed by atoms with Gasteiger partial charge in [0.15, 0.2) is 18.5 Å². The zero-order chi connectivity index (χ0) is 27.2. The molecule has 1 aliphatic heterocycles. The summed E-state index contributed by atoms with van der Waals surface area (Å²) < 4.78 is 28.3. The SMILES string of the molecule is CC(=O)NC1C(OCCCCCC(=O)OC2CCCCCCC2)OC(CN)C(OC(C)=O)C1OC(C)=O. The van der Waals surface area contributed by atoms with Crippen molar-refractivity contribution in [3.63, 3.8) is 0 Å². The van der Waals surface area contributed by atoms with Gasteiger partial charge in [0.25, 0.3) is 0 Å². The summed E-state index contributed by atoms with van der Waals surface area (Å²) in [6, 6.07) is -0.910. The van der Waals surface area contributed by atoms with Crippen LogP contribution in [0.25, 0.3) is 0 Å². The lowest BCUT2D eigenvalue weighted by molar-refractivity contribution is -0.269. The van der Waals surface area contributed by atoms with E-state index in [1.807, 2.05) is 0 Å². The van der Waals surface area contributed by atoms with Crippen molar-refractivity contribution < 1.29 is 42.9 Å². The standard InChI is InChI=1S/C26H44N2O9/c1-17(29)28-23-25(35-19(3)31)24(34-18(2)30)21(16-27)37-26(23)33-15-11-7-10-14-22(32)36-20-12-8-5-4-6-9-13-20/h20-21,23-26H,4-16,27H2,1-3H3,(H,28,29). The number of unbranched alkanes of at least 4 members (excludes halogenated alkanes) is 2. The van der Waals surface area contributed by atoms with E-state index in [0.717, 1.165) is 32.1 Å². The number of ether oxygens (including phenoxy) is 5. The fraction of sp³-hybridized carbons (Fsp3) is 0.846. The van der Waals surface area contributed by atoms with E-state index in [-0.39, 0.29) is 25.2 Å². The summed E-state index contributed by atoms with van der Waals surface area (Å²) in [6.07, 6.45) is 6.45. The predicted molar refractivity (Wildman–Crippen MR) is 133 cm³/mol. The summed E-state index contributed by atoms with van der Waals surface area (Å²) in [5.41, 5.74) is 5.83. The molecule has 0 spiro atoms. The second kappa shape index (κ2) is 16.6. The van der Waals surface area contributed by atoms with Gasteiger partial charge < -0.3 is 34.7 Å². The Balaban J connectivity index is 1.85. The van der Waals surface area contributed by atoms with Gasteiger partial charge in [0.1, 0.15) is 18.2 Å². The molecule has 0 radical (unpaired) electrons. The molecule has 0 aromatic carbocycles. The quantitative estimate of drug-likeness (QED) is 0.219. The van der Waals surface area contributed by atoms with Crippen LogP contribution in [-0.2, 0) is 42.9 Å². The Labute approximate surface area is 219 Å². The predicted octanol–water partition coefficient (Wildman–Crippen LogP) is 2.27. The van der Waals surface area contributed by atoms with E-state index in [9.17, 15) is 19.2 Å². The lowest BCUT2D eigenvalue weighted by atomic mass is 9.95. The van der Waals surface area contributed by atoms with Crippen LogP contribution in [0, 0.1) is 0 Å². The first kappa shape index (κ1) is 31.0. The van der Waals surface area contributed by atoms with Crippen LogP contribution in [0.1, 0.15) is 91.4 Å². The van der Waals surface area contributed by atoms with E-state index >= 15 is 0 Å². The molecule has 0 aromatic rings. The minimum absolute atomic E-state index is 0.0224. The molecule has 5 atom stereocenters. The fourth-order valence-corrected chi connectivity index (χ4v) is 4.82. The molecule has 1 saturated carbocycles. The first-order valence-corrected chi connectivity index (χ1v) is 13.5. The normalized spacial score (nSPS) is 26.9. The molecular weight excluding hydrogens is 484 g/mol. The number of esters is 3. The molecule has 1 amide bonds. The summed E-state index contributed by atoms with van der Waals surface area (Å²) in [7, 11) is 0. The minimum Gasteiger partial charge on any atom is -0.462 e. The van der Waals surface area contributed by atoms with E-state index in [1.165, 1.54) is 40.0 Å². The number of carbonyl (C=O) groups is 4. The summed E-state index contributed by atoms with van der Waals surface area (Å²) in [6.45, 7) is 4.02. The molecule has 1 aliphatic carbocycles. The zero-order valence-corrected chi connectivity index (χ0v) is 22.4. The van der Waals surface area contributed by atoms with Crippen molar-refractivity contribution in [2.75, 3.05) is 13.2 Å². The van der Waals surface area contributed by atoms with Crippen molar-refractivity contribution in [1.29, 1.82) is 0 Å². The largest absolute Gasteiger partial charge is 0.462 e. The highest BCUT2D eigenvalue weighted by Gasteiger charge is 2.50. The maximum absolute atomic E-state index is 12.2. The summed E-state index contributed by atoms with van der Waals surface area (Å²) in [5.74, 6) is -1.76. The summed E-state index contributed by atoms with van der Waals surface area (Å²) in [4.78, 5) is 47.6. The van der Waals surface area contributed by atoms with Crippen LogP contribution in [-0.4, -0.2) is 73.7 Å². The van der Waals surface area contributed by atoms with Crippen LogP contribution >= 0.6 is 0 Å². The van der Waals surface area contributed by atoms with Crippen LogP contribution in [0.5, 0.6) is 0 Å². The zero-order valence-electron chi connectivity index (χ0n) is 22.4. The van der Waals surface area contributed by atoms with Crippen LogP contribution in [0.15, 0.2) is 0 Å². The summed E-state index contributed by atoms with van der Waals surface area (Å²) >= 11 is 0. The monoisotopic (exact) mass is 528 g/mol. The molecule has 212 valence electrons. The van der Waals surface area contributed by atoms with Crippen molar-refractivity contribution in [3.8, 4) is 0 Å². The number of nitrogens with one attached hydrogen (secondary N) is 1. The van der Waals surface area contributed by atoms with E-state index in [2.05, 4.69) is 5.32 Å². The highest BCUT2D eigenvalue weighted by Crippen LogP contribution is 2.27. The van der Waals surface area contributed by atoms with E-state index in [4.69, 9.17) is 29.4 Å². The van der Waals surface area contributed by atoms with Gasteiger partial charge in [0.05, 0.1) is 0 Å². The second-order valence-corrected chi connectivity index (χ2v) is 9.79. The highest BCUT2D eigenvalue weighted by molar-refractivity contribution is 5.73. The average Bonchev–Trinajstić information content (AvgIpc) is 2.80. The Morgan fingerprint density at radius 1 is 0.838 bits per heavy atom. The molecule has 11 heteroatoms. The van der Waals surface area contributed by atoms with Gasteiger partial charge in [-0.2, -0.15) is 0 Å². The van der Waals surface area contributed by atoms with Gasteiger partial charge in [-0.15, -0.1) is 0 Å². The van der Waals surface area contributed by atoms with Crippen LogP contribution in [0.2, 0.25) is 0 Å². The molecule has 0 bridgehead atoms. The Morgan fingerprint density at radius 3 is 2.05 bits per heavy atom. The van der Waals surface area contributed by atoms with Crippen molar-refractivity contribution >= 4 is 23.8 Å². The molecule has 3 N–H and O–H groups in total. The first-order valence-electron chi connectivity index (χ1n) is 13.5. The third-order valence-corrected chi connectivity index (χ3v) is 6.51. The average molecular weight is 529 g/mol. The van der Waals surface area contributed by atoms with Crippen LogP contribution in [0.3, 0.4) is 0 Å². The number of hydrogen-bond donors (Lipinski definition) is 2. The third-order valence-electron chi connectivity index (χ3n) is 6.51. The molecule has 2 fully saturated rings. The van der Waals surface area contributed by atoms with E-state index < -0.39 is 48.5 Å². The number of rotatable bonds is 12. The minimum atomic E-state index is -1.04. The van der Waals surface area contributed by atoms with E-state index in [1.54, 1.807) is 0 Å². The number of nitrogens with two attached hydrogens (primary N) is 1. The van der Waals surface area contributed by atoms with Crippen LogP contribution in [0.4, 0.5) is 0 Å². The van der Waals surface area contributed by atoms with Crippen LogP contribution < -0.4 is 11.1 Å². The topological polar surface area (TPSA) is 152 Å². The van der Waals surface area contributed by atoms with Crippen molar-refractivity contribution in [2.45, 2.75) is 128 Å². The highest BCUT2D eigenvalue weighted by atomic mass is 16.7. The van der Waals surface area contributed by atoms with Gasteiger partial charge in [-0.3, -0.25) is 19.2 Å². The fourth-order valence-electron chi connectivity index (χ4n) is 4.82. The van der Waals surface area contributed by atoms with Gasteiger partial charge in [-0.1, -0.05) is 25.7 Å². The van der Waals surface area contributed by atoms with Gasteiger partial charge >= 0.3 is 17.9 Å².